The van der Waals surface area contributed by atoms with E-state index in [-0.39, 0.29) is 0 Å². The summed E-state index contributed by atoms with van der Waals surface area (Å²) in [6.07, 6.45) is 0. The molecule has 0 radical (unpaired) electrons. The molecule has 0 atom stereocenters. The van der Waals surface area contributed by atoms with Crippen molar-refractivity contribution >= 4 is 63.3 Å². The third-order valence-electron chi connectivity index (χ3n) is 6.97. The molecule has 2 aromatic heterocycles. The van der Waals surface area contributed by atoms with E-state index in [0.29, 0.717) is 65.0 Å². The van der Waals surface area contributed by atoms with E-state index in [0.717, 1.165) is 21.4 Å². The number of piperazine rings is 1. The van der Waals surface area contributed by atoms with Crippen LogP contribution in [0.1, 0.15) is 11.1 Å². The molecule has 1 aliphatic rings. The van der Waals surface area contributed by atoms with Gasteiger partial charge in [-0.3, -0.25) is 18.5 Å². The maximum Gasteiger partial charge on any atom is 0.332 e. The summed E-state index contributed by atoms with van der Waals surface area (Å²) in [7, 11) is 3.10. The van der Waals surface area contributed by atoms with Crippen molar-refractivity contribution < 1.29 is 0 Å². The fourth-order valence-electron chi connectivity index (χ4n) is 4.67. The molecule has 0 spiro atoms. The van der Waals surface area contributed by atoms with Gasteiger partial charge in [-0.25, -0.2) is 4.79 Å². The number of aryl methyl sites for hydroxylation is 1. The van der Waals surface area contributed by atoms with Crippen LogP contribution in [0, 0.1) is 6.92 Å². The number of anilines is 2. The number of benzene rings is 2. The SMILES string of the molecule is Cc1c(Cl)cccc1NC(=S)N1CCN(c2nc3c(c(=O)n(C)c(=O)n3C)n2Cc2ccccc2Cl)CC1. The lowest BCUT2D eigenvalue weighted by Gasteiger charge is -2.37. The molecular formula is C26H27Cl2N7O2S. The summed E-state index contributed by atoms with van der Waals surface area (Å²) in [4.78, 5) is 34.9. The summed E-state index contributed by atoms with van der Waals surface area (Å²) in [6.45, 7) is 4.84. The van der Waals surface area contributed by atoms with Gasteiger partial charge in [0.2, 0.25) is 5.95 Å². The van der Waals surface area contributed by atoms with Gasteiger partial charge in [0.1, 0.15) is 0 Å². The van der Waals surface area contributed by atoms with Crippen molar-refractivity contribution in [3.05, 3.63) is 84.5 Å². The molecule has 12 heteroatoms. The van der Waals surface area contributed by atoms with Gasteiger partial charge in [-0.2, -0.15) is 4.98 Å². The predicted molar refractivity (Wildman–Crippen MR) is 157 cm³/mol. The Kier molecular flexibility index (Phi) is 7.21. The maximum atomic E-state index is 13.3. The van der Waals surface area contributed by atoms with Crippen LogP contribution in [0.5, 0.6) is 0 Å². The van der Waals surface area contributed by atoms with E-state index in [9.17, 15) is 9.59 Å². The van der Waals surface area contributed by atoms with Crippen molar-refractivity contribution in [1.29, 1.82) is 0 Å². The average molecular weight is 573 g/mol. The molecular weight excluding hydrogens is 545 g/mol. The number of rotatable bonds is 4. The van der Waals surface area contributed by atoms with Crippen molar-refractivity contribution in [2.75, 3.05) is 36.4 Å². The van der Waals surface area contributed by atoms with Crippen molar-refractivity contribution in [3.63, 3.8) is 0 Å². The molecule has 198 valence electrons. The molecule has 0 bridgehead atoms. The highest BCUT2D eigenvalue weighted by Crippen LogP contribution is 2.26. The Morgan fingerprint density at radius 1 is 0.974 bits per heavy atom. The molecule has 1 fully saturated rings. The Morgan fingerprint density at radius 3 is 2.37 bits per heavy atom. The van der Waals surface area contributed by atoms with Gasteiger partial charge in [0.25, 0.3) is 5.56 Å². The molecule has 1 saturated heterocycles. The van der Waals surface area contributed by atoms with E-state index in [2.05, 4.69) is 15.1 Å². The molecule has 2 aromatic carbocycles. The zero-order valence-corrected chi connectivity index (χ0v) is 23.6. The van der Waals surface area contributed by atoms with Crippen LogP contribution in [0.3, 0.4) is 0 Å². The van der Waals surface area contributed by atoms with Gasteiger partial charge < -0.3 is 15.1 Å². The largest absolute Gasteiger partial charge is 0.345 e. The summed E-state index contributed by atoms with van der Waals surface area (Å²) < 4.78 is 4.38. The number of imidazole rings is 1. The number of aromatic nitrogens is 4. The second-order valence-electron chi connectivity index (χ2n) is 9.28. The highest BCUT2D eigenvalue weighted by atomic mass is 35.5. The Labute approximate surface area is 234 Å². The van der Waals surface area contributed by atoms with Gasteiger partial charge in [-0.05, 0) is 48.5 Å². The highest BCUT2D eigenvalue weighted by Gasteiger charge is 2.27. The fraction of sp³-hybridized carbons (Fsp3) is 0.308. The summed E-state index contributed by atoms with van der Waals surface area (Å²) >= 11 is 18.4. The van der Waals surface area contributed by atoms with Gasteiger partial charge in [0.05, 0.1) is 6.54 Å². The molecule has 1 N–H and O–H groups in total. The minimum absolute atomic E-state index is 0.340. The zero-order chi connectivity index (χ0) is 27.1. The number of halogens is 2. The molecule has 9 nitrogen and oxygen atoms in total. The zero-order valence-electron chi connectivity index (χ0n) is 21.2. The third kappa shape index (κ3) is 4.68. The van der Waals surface area contributed by atoms with Crippen LogP contribution >= 0.6 is 35.4 Å². The molecule has 4 aromatic rings. The topological polar surface area (TPSA) is 80.3 Å². The number of thiocarbonyl (C=S) groups is 1. The quantitative estimate of drug-likeness (QED) is 0.375. The Hall–Kier alpha value is -3.34. The maximum absolute atomic E-state index is 13.3. The van der Waals surface area contributed by atoms with E-state index in [1.54, 1.807) is 7.05 Å². The minimum Gasteiger partial charge on any atom is -0.345 e. The fourth-order valence-corrected chi connectivity index (χ4v) is 5.33. The molecule has 0 unspecified atom stereocenters. The van der Waals surface area contributed by atoms with Crippen molar-refractivity contribution in [2.24, 2.45) is 14.1 Å². The molecule has 0 saturated carbocycles. The molecule has 3 heterocycles. The van der Waals surface area contributed by atoms with Crippen LogP contribution in [0.15, 0.2) is 52.1 Å². The van der Waals surface area contributed by atoms with Crippen LogP contribution in [-0.4, -0.2) is 54.9 Å². The van der Waals surface area contributed by atoms with Crippen molar-refractivity contribution in [3.8, 4) is 0 Å². The number of fused-ring (bicyclic) bond motifs is 1. The monoisotopic (exact) mass is 571 g/mol. The summed E-state index contributed by atoms with van der Waals surface area (Å²) in [6, 6.07) is 13.2. The van der Waals surface area contributed by atoms with Crippen molar-refractivity contribution in [1.82, 2.24) is 23.6 Å². The molecule has 1 aliphatic heterocycles. The summed E-state index contributed by atoms with van der Waals surface area (Å²) in [5.41, 5.74) is 2.56. The number of nitrogens with zero attached hydrogens (tertiary/aromatic N) is 6. The first-order valence-electron chi connectivity index (χ1n) is 12.1. The van der Waals surface area contributed by atoms with Crippen LogP contribution in [0.25, 0.3) is 11.2 Å². The molecule has 5 rings (SSSR count). The highest BCUT2D eigenvalue weighted by molar-refractivity contribution is 7.80. The Bertz CT molecular complexity index is 1670. The summed E-state index contributed by atoms with van der Waals surface area (Å²) in [5, 5.41) is 5.21. The molecule has 0 amide bonds. The molecule has 38 heavy (non-hydrogen) atoms. The number of nitrogens with one attached hydrogen (secondary N) is 1. The number of hydrogen-bond acceptors (Lipinski definition) is 5. The third-order valence-corrected chi connectivity index (χ3v) is 8.11. The average Bonchev–Trinajstić information content (AvgIpc) is 3.29. The Morgan fingerprint density at radius 2 is 1.66 bits per heavy atom. The second kappa shape index (κ2) is 10.4. The summed E-state index contributed by atoms with van der Waals surface area (Å²) in [5.74, 6) is 0.613. The minimum atomic E-state index is -0.422. The predicted octanol–water partition coefficient (Wildman–Crippen LogP) is 3.62. The van der Waals surface area contributed by atoms with Crippen LogP contribution in [0.2, 0.25) is 10.0 Å². The van der Waals surface area contributed by atoms with Crippen LogP contribution in [0.4, 0.5) is 11.6 Å². The lowest BCUT2D eigenvalue weighted by Crippen LogP contribution is -2.50. The van der Waals surface area contributed by atoms with E-state index in [1.165, 1.54) is 11.6 Å². The lowest BCUT2D eigenvalue weighted by molar-refractivity contribution is 0.386. The van der Waals surface area contributed by atoms with Gasteiger partial charge in [-0.1, -0.05) is 47.5 Å². The normalized spacial score (nSPS) is 13.8. The Balaban J connectivity index is 1.46. The van der Waals surface area contributed by atoms with E-state index in [1.807, 2.05) is 54.0 Å². The standard InChI is InChI=1S/C26H27Cl2N7O2S/c1-16-18(27)9-6-10-20(16)29-25(38)34-13-11-33(12-14-34)24-30-22-21(23(36)32(3)26(37)31(22)2)35(24)15-17-7-4-5-8-19(17)28/h4-10H,11-15H2,1-3H3,(H,29,38). The first-order valence-corrected chi connectivity index (χ1v) is 13.3. The van der Waals surface area contributed by atoms with Gasteiger partial charge in [0, 0.05) is 56.0 Å². The van der Waals surface area contributed by atoms with Gasteiger partial charge >= 0.3 is 5.69 Å². The van der Waals surface area contributed by atoms with Crippen molar-refractivity contribution in [2.45, 2.75) is 13.5 Å². The van der Waals surface area contributed by atoms with Gasteiger partial charge in [0.15, 0.2) is 16.3 Å². The second-order valence-corrected chi connectivity index (χ2v) is 10.5. The first kappa shape index (κ1) is 26.3. The van der Waals surface area contributed by atoms with E-state index < -0.39 is 11.2 Å². The van der Waals surface area contributed by atoms with Crippen LogP contribution in [-0.2, 0) is 20.6 Å². The first-order chi connectivity index (χ1) is 18.2. The smallest absolute Gasteiger partial charge is 0.332 e. The lowest BCUT2D eigenvalue weighted by atomic mass is 10.2. The van der Waals surface area contributed by atoms with Gasteiger partial charge in [-0.15, -0.1) is 0 Å². The van der Waals surface area contributed by atoms with Crippen LogP contribution < -0.4 is 21.5 Å². The van der Waals surface area contributed by atoms with E-state index in [4.69, 9.17) is 40.4 Å². The molecule has 0 aliphatic carbocycles. The number of hydrogen-bond donors (Lipinski definition) is 1. The van der Waals surface area contributed by atoms with E-state index >= 15 is 0 Å².